The van der Waals surface area contributed by atoms with Crippen molar-refractivity contribution < 1.29 is 41.1 Å². The fourth-order valence-electron chi connectivity index (χ4n) is 3.09. The fraction of sp³-hybridized carbons (Fsp3) is 0.409. The van der Waals surface area contributed by atoms with Crippen molar-refractivity contribution in [1.29, 1.82) is 0 Å². The lowest BCUT2D eigenvalue weighted by Gasteiger charge is -2.27. The van der Waals surface area contributed by atoms with Gasteiger partial charge in [-0.05, 0) is 48.3 Å². The van der Waals surface area contributed by atoms with Gasteiger partial charge < -0.3 is 18.8 Å². The summed E-state index contributed by atoms with van der Waals surface area (Å²) in [6.07, 6.45) is -1.54. The van der Waals surface area contributed by atoms with Crippen LogP contribution in [0.3, 0.4) is 0 Å². The number of esters is 1. The molecule has 32 heavy (non-hydrogen) atoms. The highest BCUT2D eigenvalue weighted by Crippen LogP contribution is 2.30. The van der Waals surface area contributed by atoms with E-state index in [9.17, 15) is 22.4 Å². The van der Waals surface area contributed by atoms with Crippen LogP contribution in [0.5, 0.6) is 5.75 Å². The molecular weight excluding hydrogens is 431 g/mol. The second-order valence-corrected chi connectivity index (χ2v) is 7.35. The van der Waals surface area contributed by atoms with E-state index in [1.165, 1.54) is 12.1 Å². The Kier molecular flexibility index (Phi) is 8.28. The third kappa shape index (κ3) is 6.54. The number of rotatable bonds is 8. The van der Waals surface area contributed by atoms with Crippen LogP contribution in [-0.4, -0.2) is 39.0 Å². The molecule has 0 atom stereocenters. The van der Waals surface area contributed by atoms with Gasteiger partial charge in [-0.3, -0.25) is 0 Å². The summed E-state index contributed by atoms with van der Waals surface area (Å²) in [4.78, 5) is 12.2. The molecule has 5 nitrogen and oxygen atoms in total. The van der Waals surface area contributed by atoms with Gasteiger partial charge in [0.25, 0.3) is 0 Å². The molecule has 0 amide bonds. The largest absolute Gasteiger partial charge is 0.494 e. The maximum absolute atomic E-state index is 14.5. The van der Waals surface area contributed by atoms with Crippen LogP contribution in [0.25, 0.3) is 0 Å². The van der Waals surface area contributed by atoms with E-state index in [0.29, 0.717) is 25.3 Å². The molecule has 2 aromatic rings. The van der Waals surface area contributed by atoms with E-state index in [0.717, 1.165) is 49.6 Å². The van der Waals surface area contributed by atoms with Gasteiger partial charge in [0.2, 0.25) is 0 Å². The molecule has 0 spiro atoms. The van der Waals surface area contributed by atoms with Gasteiger partial charge in [0.1, 0.15) is 17.7 Å². The Morgan fingerprint density at radius 1 is 1.09 bits per heavy atom. The summed E-state index contributed by atoms with van der Waals surface area (Å²) in [5, 5.41) is 0. The van der Waals surface area contributed by atoms with Crippen LogP contribution in [0, 0.1) is 5.82 Å². The summed E-state index contributed by atoms with van der Waals surface area (Å²) in [6.45, 7) is 3.34. The Hall–Kier alpha value is -2.43. The highest BCUT2D eigenvalue weighted by atomic mass is 19.4. The number of carbonyl (C=O) groups is 1. The minimum atomic E-state index is -4.51. The molecule has 1 aliphatic heterocycles. The Balaban J connectivity index is 1.55. The molecular formula is C22H23BF4O5. The molecule has 1 aliphatic rings. The fourth-order valence-corrected chi connectivity index (χ4v) is 3.09. The molecule has 10 heteroatoms. The molecule has 2 aromatic carbocycles. The average molecular weight is 454 g/mol. The van der Waals surface area contributed by atoms with Crippen molar-refractivity contribution in [2.24, 2.45) is 0 Å². The van der Waals surface area contributed by atoms with Gasteiger partial charge in [-0.2, -0.15) is 13.2 Å². The van der Waals surface area contributed by atoms with E-state index in [-0.39, 0.29) is 17.4 Å². The lowest BCUT2D eigenvalue weighted by atomic mass is 9.77. The summed E-state index contributed by atoms with van der Waals surface area (Å²) < 4.78 is 74.2. The first-order valence-corrected chi connectivity index (χ1v) is 10.3. The van der Waals surface area contributed by atoms with E-state index in [2.05, 4.69) is 6.92 Å². The summed E-state index contributed by atoms with van der Waals surface area (Å²) in [7, 11) is -0.792. The summed E-state index contributed by atoms with van der Waals surface area (Å²) in [6, 6.07) is 7.35. The lowest BCUT2D eigenvalue weighted by molar-refractivity contribution is -0.137. The first-order chi connectivity index (χ1) is 15.3. The number of alkyl halides is 3. The Morgan fingerprint density at radius 2 is 1.78 bits per heavy atom. The smallest absolute Gasteiger partial charge is 0.423 e. The molecule has 3 rings (SSSR count). The molecule has 0 N–H and O–H groups in total. The van der Waals surface area contributed by atoms with Crippen LogP contribution in [0.15, 0.2) is 42.5 Å². The molecule has 1 fully saturated rings. The minimum absolute atomic E-state index is 0.129. The predicted molar refractivity (Wildman–Crippen MR) is 109 cm³/mol. The van der Waals surface area contributed by atoms with E-state index in [1.54, 1.807) is 0 Å². The van der Waals surface area contributed by atoms with Crippen molar-refractivity contribution in [3.63, 3.8) is 0 Å². The van der Waals surface area contributed by atoms with Crippen LogP contribution in [-0.2, 0) is 20.2 Å². The zero-order valence-corrected chi connectivity index (χ0v) is 17.5. The van der Waals surface area contributed by atoms with Gasteiger partial charge in [-0.25, -0.2) is 9.18 Å². The molecule has 0 aromatic heterocycles. The highest BCUT2D eigenvalue weighted by molar-refractivity contribution is 6.61. The number of hydrogen-bond acceptors (Lipinski definition) is 5. The molecule has 1 heterocycles. The second-order valence-electron chi connectivity index (χ2n) is 7.35. The van der Waals surface area contributed by atoms with Crippen molar-refractivity contribution >= 4 is 18.6 Å². The summed E-state index contributed by atoms with van der Waals surface area (Å²) in [5.41, 5.74) is -0.853. The molecule has 172 valence electrons. The molecule has 1 saturated heterocycles. The molecule has 0 aliphatic carbocycles. The second kappa shape index (κ2) is 10.9. The monoisotopic (exact) mass is 454 g/mol. The van der Waals surface area contributed by atoms with E-state index in [4.69, 9.17) is 18.8 Å². The zero-order chi connectivity index (χ0) is 23.1. The predicted octanol–water partition coefficient (Wildman–Crippen LogP) is 4.38. The zero-order valence-electron chi connectivity index (χ0n) is 17.5. The van der Waals surface area contributed by atoms with Gasteiger partial charge in [0.05, 0.1) is 24.3 Å². The van der Waals surface area contributed by atoms with Gasteiger partial charge >= 0.3 is 19.3 Å². The van der Waals surface area contributed by atoms with E-state index >= 15 is 0 Å². The Bertz CT molecular complexity index is 896. The third-order valence-corrected chi connectivity index (χ3v) is 4.85. The maximum Gasteiger partial charge on any atom is 0.494 e. The molecule has 0 unspecified atom stereocenters. The van der Waals surface area contributed by atoms with E-state index < -0.39 is 30.6 Å². The maximum atomic E-state index is 14.5. The standard InChI is InChI=1S/C22H23BF4O5/c1-2-3-4-11-29-18-13-30-23(31-14-18)16-7-10-19(20(24)12-16)21(28)32-17-8-5-15(6-9-17)22(25,26)27/h5-10,12,18H,2-4,11,13-14H2,1H3. The van der Waals surface area contributed by atoms with Crippen LogP contribution in [0.1, 0.15) is 42.1 Å². The number of carbonyl (C=O) groups excluding carboxylic acids is 1. The number of benzene rings is 2. The van der Waals surface area contributed by atoms with Gasteiger partial charge in [-0.1, -0.05) is 25.8 Å². The summed E-state index contributed by atoms with van der Waals surface area (Å²) >= 11 is 0. The van der Waals surface area contributed by atoms with Crippen LogP contribution in [0.2, 0.25) is 0 Å². The average Bonchev–Trinajstić information content (AvgIpc) is 2.77. The lowest BCUT2D eigenvalue weighted by Crippen LogP contribution is -2.47. The molecule has 0 bridgehead atoms. The van der Waals surface area contributed by atoms with Crippen LogP contribution < -0.4 is 10.2 Å². The number of ether oxygens (including phenoxy) is 2. The van der Waals surface area contributed by atoms with Crippen molar-refractivity contribution in [3.8, 4) is 5.75 Å². The van der Waals surface area contributed by atoms with Crippen LogP contribution in [0.4, 0.5) is 17.6 Å². The minimum Gasteiger partial charge on any atom is -0.423 e. The molecule has 0 radical (unpaired) electrons. The van der Waals surface area contributed by atoms with Crippen molar-refractivity contribution in [2.75, 3.05) is 19.8 Å². The van der Waals surface area contributed by atoms with Gasteiger partial charge in [0, 0.05) is 6.61 Å². The number of halogens is 4. The number of unbranched alkanes of at least 4 members (excludes halogenated alkanes) is 2. The Labute approximate surface area is 183 Å². The first kappa shape index (κ1) is 24.2. The van der Waals surface area contributed by atoms with Crippen molar-refractivity contribution in [3.05, 3.63) is 59.4 Å². The van der Waals surface area contributed by atoms with Crippen molar-refractivity contribution in [2.45, 2.75) is 38.5 Å². The third-order valence-electron chi connectivity index (χ3n) is 4.85. The Morgan fingerprint density at radius 3 is 2.38 bits per heavy atom. The molecule has 0 saturated carbocycles. The van der Waals surface area contributed by atoms with Gasteiger partial charge in [-0.15, -0.1) is 0 Å². The van der Waals surface area contributed by atoms with E-state index in [1.807, 2.05) is 0 Å². The van der Waals surface area contributed by atoms with Crippen LogP contribution >= 0.6 is 0 Å². The number of hydrogen-bond donors (Lipinski definition) is 0. The highest BCUT2D eigenvalue weighted by Gasteiger charge is 2.31. The van der Waals surface area contributed by atoms with Gasteiger partial charge in [0.15, 0.2) is 0 Å². The quantitative estimate of drug-likeness (QED) is 0.195. The summed E-state index contributed by atoms with van der Waals surface area (Å²) in [5.74, 6) is -2.01. The normalized spacial score (nSPS) is 15.1. The van der Waals surface area contributed by atoms with Crippen molar-refractivity contribution in [1.82, 2.24) is 0 Å². The first-order valence-electron chi connectivity index (χ1n) is 10.3. The SMILES string of the molecule is CCCCCOC1COB(c2ccc(C(=O)Oc3ccc(C(F)(F)F)cc3)c(F)c2)OC1. The topological polar surface area (TPSA) is 54.0 Å².